The van der Waals surface area contributed by atoms with Gasteiger partial charge in [-0.05, 0) is 6.92 Å². The highest BCUT2D eigenvalue weighted by Crippen LogP contribution is 2.75. The van der Waals surface area contributed by atoms with Gasteiger partial charge in [0.05, 0.1) is 0 Å². The van der Waals surface area contributed by atoms with Crippen LogP contribution in [0.2, 0.25) is 0 Å². The van der Waals surface area contributed by atoms with E-state index >= 15 is 0 Å². The fraction of sp³-hybridized carbons (Fsp3) is 1.00. The van der Waals surface area contributed by atoms with Gasteiger partial charge in [0, 0.05) is 0 Å². The van der Waals surface area contributed by atoms with Crippen LogP contribution in [-0.4, -0.2) is 58.1 Å². The predicted molar refractivity (Wildman–Crippen MR) is 49.8 cm³/mol. The molecule has 2 rings (SSSR count). The maximum atomic E-state index is 13.8. The molecule has 0 unspecified atom stereocenters. The van der Waals surface area contributed by atoms with Crippen LogP contribution in [0.15, 0.2) is 0 Å². The molecule has 0 saturated carbocycles. The van der Waals surface area contributed by atoms with Crippen LogP contribution >= 0.6 is 0 Å². The minimum Gasteiger partial charge on any atom is -0.197 e. The molecule has 2 fully saturated rings. The number of fused-ring (bicyclic) bond motifs is 1. The number of nitrogens with zero attached hydrogens (tertiary/aromatic N) is 1. The van der Waals surface area contributed by atoms with E-state index in [0.29, 0.717) is 0 Å². The van der Waals surface area contributed by atoms with E-state index in [-0.39, 0.29) is 0 Å². The minimum absolute atomic E-state index is 1.48. The highest BCUT2D eigenvalue weighted by molar-refractivity contribution is 5.32. The average Bonchev–Trinajstić information content (AvgIpc) is 2.42. The molecule has 1 nitrogen and oxygen atoms in total. The van der Waals surface area contributed by atoms with Gasteiger partial charge in [0.1, 0.15) is 0 Å². The van der Waals surface area contributed by atoms with Crippen LogP contribution in [-0.2, 0) is 0 Å². The van der Waals surface area contributed by atoms with Crippen LogP contribution in [0, 0.1) is 0 Å². The molecule has 2 aliphatic heterocycles. The van der Waals surface area contributed by atoms with E-state index in [1.54, 1.807) is 0 Å². The van der Waals surface area contributed by atoms with Gasteiger partial charge >= 0.3 is 47.6 Å². The Hall–Kier alpha value is -1.16. The zero-order chi connectivity index (χ0) is 22.1. The van der Waals surface area contributed by atoms with Crippen molar-refractivity contribution in [1.82, 2.24) is 4.90 Å². The fourth-order valence-electron chi connectivity index (χ4n) is 2.88. The molecular formula is C10H3F16N. The van der Waals surface area contributed by atoms with E-state index in [2.05, 4.69) is 0 Å². The van der Waals surface area contributed by atoms with E-state index in [1.165, 1.54) is 0 Å². The van der Waals surface area contributed by atoms with E-state index in [4.69, 9.17) is 0 Å². The highest BCUT2D eigenvalue weighted by Gasteiger charge is 3.05. The molecule has 160 valence electrons. The van der Waals surface area contributed by atoms with E-state index in [1.807, 2.05) is 0 Å². The zero-order valence-corrected chi connectivity index (χ0v) is 12.0. The zero-order valence-electron chi connectivity index (χ0n) is 12.0. The van der Waals surface area contributed by atoms with Crippen LogP contribution in [0.3, 0.4) is 0 Å². The third-order valence-electron chi connectivity index (χ3n) is 4.56. The Kier molecular flexibility index (Phi) is 3.71. The Labute approximate surface area is 136 Å². The lowest BCUT2D eigenvalue weighted by atomic mass is 9.68. The quantitative estimate of drug-likeness (QED) is 0.375. The Morgan fingerprint density at radius 2 is 0.593 bits per heavy atom. The molecule has 17 heteroatoms. The fourth-order valence-corrected chi connectivity index (χ4v) is 2.88. The van der Waals surface area contributed by atoms with Gasteiger partial charge in [-0.25, -0.2) is 0 Å². The van der Waals surface area contributed by atoms with Crippen molar-refractivity contribution in [3.63, 3.8) is 0 Å². The van der Waals surface area contributed by atoms with Crippen molar-refractivity contribution in [2.75, 3.05) is 0 Å². The average molecular weight is 441 g/mol. The first kappa shape index (κ1) is 22.1. The van der Waals surface area contributed by atoms with Gasteiger partial charge in [0.25, 0.3) is 0 Å². The van der Waals surface area contributed by atoms with Crippen LogP contribution < -0.4 is 0 Å². The standard InChI is InChI=1S/C10H3F16N/c1-2-3(11,12)5(15,16)7(19,20)9(23,24)27(2)10(25,26)8(21,22)6(17,18)4(2,13)14/h1H3. The third-order valence-corrected chi connectivity index (χ3v) is 4.56. The number of rotatable bonds is 0. The van der Waals surface area contributed by atoms with Crippen LogP contribution in [0.25, 0.3) is 0 Å². The number of hydrogen-bond acceptors (Lipinski definition) is 1. The maximum absolute atomic E-state index is 13.8. The summed E-state index contributed by atoms with van der Waals surface area (Å²) in [6.07, 6.45) is 0. The molecule has 2 saturated heterocycles. The van der Waals surface area contributed by atoms with E-state index < -0.39 is 65.0 Å². The SMILES string of the molecule is CC12N(C(F)(F)C(F)(F)C(F)(F)C1(F)F)C(F)(F)C(F)(F)C(F)(F)C2(F)F. The molecule has 0 amide bonds. The summed E-state index contributed by atoms with van der Waals surface area (Å²) in [5.74, 6) is -45.5. The molecule has 27 heavy (non-hydrogen) atoms. The molecular weight excluding hydrogens is 438 g/mol. The second kappa shape index (κ2) is 4.53. The molecule has 0 atom stereocenters. The Morgan fingerprint density at radius 1 is 0.370 bits per heavy atom. The molecule has 0 N–H and O–H groups in total. The lowest BCUT2D eigenvalue weighted by molar-refractivity contribution is -0.567. The largest absolute Gasteiger partial charge is 0.392 e. The molecule has 0 spiro atoms. The molecule has 0 aliphatic carbocycles. The van der Waals surface area contributed by atoms with Gasteiger partial charge < -0.3 is 0 Å². The molecule has 0 radical (unpaired) electrons. The monoisotopic (exact) mass is 441 g/mol. The normalized spacial score (nSPS) is 35.9. The van der Waals surface area contributed by atoms with Crippen molar-refractivity contribution >= 4 is 0 Å². The topological polar surface area (TPSA) is 3.24 Å². The second-order valence-electron chi connectivity index (χ2n) is 5.94. The summed E-state index contributed by atoms with van der Waals surface area (Å²) < 4.78 is 216. The van der Waals surface area contributed by atoms with Gasteiger partial charge in [-0.1, -0.05) is 0 Å². The third kappa shape index (κ3) is 1.64. The van der Waals surface area contributed by atoms with Crippen molar-refractivity contribution < 1.29 is 70.2 Å². The van der Waals surface area contributed by atoms with Gasteiger partial charge in [-0.2, -0.15) is 75.1 Å². The van der Waals surface area contributed by atoms with Crippen LogP contribution in [0.4, 0.5) is 70.2 Å². The van der Waals surface area contributed by atoms with Gasteiger partial charge in [-0.15, -0.1) is 0 Å². The van der Waals surface area contributed by atoms with Crippen molar-refractivity contribution in [2.45, 2.75) is 60.1 Å². The van der Waals surface area contributed by atoms with Crippen molar-refractivity contribution in [2.24, 2.45) is 0 Å². The molecule has 2 heterocycles. The first-order valence-electron chi connectivity index (χ1n) is 6.19. The molecule has 0 aromatic heterocycles. The number of piperidine rings is 2. The van der Waals surface area contributed by atoms with Crippen LogP contribution in [0.5, 0.6) is 0 Å². The second-order valence-corrected chi connectivity index (χ2v) is 5.94. The first-order chi connectivity index (χ1) is 11.4. The Bertz CT molecular complexity index is 610. The van der Waals surface area contributed by atoms with Crippen molar-refractivity contribution in [3.8, 4) is 0 Å². The van der Waals surface area contributed by atoms with Crippen molar-refractivity contribution in [1.29, 1.82) is 0 Å². The van der Waals surface area contributed by atoms with E-state index in [0.717, 1.165) is 0 Å². The molecule has 0 bridgehead atoms. The number of halogens is 16. The number of alkyl halides is 16. The summed E-state index contributed by atoms with van der Waals surface area (Å²) in [5, 5.41) is 0. The van der Waals surface area contributed by atoms with Crippen molar-refractivity contribution in [3.05, 3.63) is 0 Å². The lowest BCUT2D eigenvalue weighted by Gasteiger charge is -2.64. The Morgan fingerprint density at radius 3 is 0.815 bits per heavy atom. The molecule has 2 aliphatic rings. The predicted octanol–water partition coefficient (Wildman–Crippen LogP) is 5.07. The Balaban J connectivity index is 3.11. The maximum Gasteiger partial charge on any atom is 0.392 e. The van der Waals surface area contributed by atoms with Crippen LogP contribution in [0.1, 0.15) is 6.92 Å². The van der Waals surface area contributed by atoms with E-state index in [9.17, 15) is 70.2 Å². The summed E-state index contributed by atoms with van der Waals surface area (Å²) >= 11 is 0. The van der Waals surface area contributed by atoms with Gasteiger partial charge in [0.2, 0.25) is 0 Å². The van der Waals surface area contributed by atoms with Gasteiger partial charge in [0.15, 0.2) is 5.54 Å². The number of hydrogen-bond donors (Lipinski definition) is 0. The molecule has 0 aromatic carbocycles. The minimum atomic E-state index is -7.65. The lowest BCUT2D eigenvalue weighted by Crippen LogP contribution is -2.96. The van der Waals surface area contributed by atoms with Gasteiger partial charge in [-0.3, -0.25) is 0 Å². The summed E-state index contributed by atoms with van der Waals surface area (Å²) in [6.45, 7) is -1.48. The summed E-state index contributed by atoms with van der Waals surface area (Å²) in [7, 11) is 0. The molecule has 0 aromatic rings. The summed E-state index contributed by atoms with van der Waals surface area (Å²) in [5.41, 5.74) is -6.58. The first-order valence-corrected chi connectivity index (χ1v) is 6.19. The smallest absolute Gasteiger partial charge is 0.197 e. The summed E-state index contributed by atoms with van der Waals surface area (Å²) in [4.78, 5) is -3.64. The highest BCUT2D eigenvalue weighted by atomic mass is 19.4. The summed E-state index contributed by atoms with van der Waals surface area (Å²) in [6, 6.07) is -15.1.